The smallest absolute Gasteiger partial charge is 0.328 e. The van der Waals surface area contributed by atoms with Crippen LogP contribution in [0.3, 0.4) is 0 Å². The molecule has 0 unspecified atom stereocenters. The van der Waals surface area contributed by atoms with E-state index in [1.807, 2.05) is 30.5 Å². The molecule has 0 aliphatic rings. The molecule has 1 aromatic carbocycles. The number of nitrogens with one attached hydrogen (secondary N) is 2. The summed E-state index contributed by atoms with van der Waals surface area (Å²) in [6, 6.07) is 6.49. The lowest BCUT2D eigenvalue weighted by atomic mass is 10.1. The molecule has 6 nitrogen and oxygen atoms in total. The molecule has 0 bridgehead atoms. The van der Waals surface area contributed by atoms with Crippen LogP contribution in [0.25, 0.3) is 10.9 Å². The second-order valence-corrected chi connectivity index (χ2v) is 4.98. The molecule has 0 radical (unpaired) electrons. The van der Waals surface area contributed by atoms with E-state index in [0.29, 0.717) is 6.42 Å². The fraction of sp³-hybridized carbons (Fsp3) is 0.333. The summed E-state index contributed by atoms with van der Waals surface area (Å²) >= 11 is 0. The van der Waals surface area contributed by atoms with Crippen LogP contribution >= 0.6 is 0 Å². The molecule has 2 atom stereocenters. The summed E-state index contributed by atoms with van der Waals surface area (Å²) in [5.74, 6) is -1.64. The lowest BCUT2D eigenvalue weighted by Gasteiger charge is -2.16. The zero-order valence-electron chi connectivity index (χ0n) is 11.7. The number of hydrogen-bond acceptors (Lipinski definition) is 3. The Morgan fingerprint density at radius 2 is 2.05 bits per heavy atom. The Labute approximate surface area is 121 Å². The number of aliphatic hydroxyl groups is 1. The van der Waals surface area contributed by atoms with E-state index < -0.39 is 24.0 Å². The fourth-order valence-corrected chi connectivity index (χ4v) is 2.22. The maximum absolute atomic E-state index is 11.8. The normalized spacial score (nSPS) is 13.8. The molecule has 0 saturated heterocycles. The lowest BCUT2D eigenvalue weighted by molar-refractivity contribution is -0.144. The van der Waals surface area contributed by atoms with Gasteiger partial charge in [0.1, 0.15) is 0 Å². The number of aliphatic hydroxyl groups excluding tert-OH is 1. The van der Waals surface area contributed by atoms with E-state index in [9.17, 15) is 14.7 Å². The molecular weight excluding hydrogens is 272 g/mol. The molecule has 0 fully saturated rings. The van der Waals surface area contributed by atoms with Crippen LogP contribution in [0.15, 0.2) is 30.5 Å². The molecule has 112 valence electrons. The van der Waals surface area contributed by atoms with E-state index in [1.54, 1.807) is 0 Å². The van der Waals surface area contributed by atoms with Crippen molar-refractivity contribution in [3.05, 3.63) is 36.0 Å². The zero-order valence-corrected chi connectivity index (χ0v) is 11.7. The largest absolute Gasteiger partial charge is 0.480 e. The number of rotatable bonds is 6. The minimum Gasteiger partial charge on any atom is -0.480 e. The van der Waals surface area contributed by atoms with Gasteiger partial charge in [0.2, 0.25) is 5.91 Å². The second kappa shape index (κ2) is 6.41. The van der Waals surface area contributed by atoms with Crippen LogP contribution in [0.1, 0.15) is 18.9 Å². The molecule has 1 amide bonds. The van der Waals surface area contributed by atoms with Gasteiger partial charge in [-0.1, -0.05) is 18.2 Å². The van der Waals surface area contributed by atoms with Crippen LogP contribution in [-0.2, 0) is 16.0 Å². The topological polar surface area (TPSA) is 102 Å². The SMILES string of the molecule is C[C@H](O)[C@H](NC(=O)CCc1c[nH]c2ccccc12)C(=O)O. The van der Waals surface area contributed by atoms with Gasteiger partial charge >= 0.3 is 5.97 Å². The van der Waals surface area contributed by atoms with Gasteiger partial charge < -0.3 is 20.5 Å². The summed E-state index contributed by atoms with van der Waals surface area (Å²) in [7, 11) is 0. The number of aryl methyl sites for hydroxylation is 1. The number of aromatic amines is 1. The minimum absolute atomic E-state index is 0.165. The number of fused-ring (bicyclic) bond motifs is 1. The molecule has 2 rings (SSSR count). The van der Waals surface area contributed by atoms with E-state index >= 15 is 0 Å². The Bertz CT molecular complexity index is 648. The first-order valence-electron chi connectivity index (χ1n) is 6.74. The minimum atomic E-state index is -1.28. The summed E-state index contributed by atoms with van der Waals surface area (Å²) in [6.07, 6.45) is 1.38. The van der Waals surface area contributed by atoms with Crippen LogP contribution in [0.2, 0.25) is 0 Å². The van der Waals surface area contributed by atoms with E-state index in [-0.39, 0.29) is 6.42 Å². The second-order valence-electron chi connectivity index (χ2n) is 4.98. The number of aromatic nitrogens is 1. The molecule has 0 spiro atoms. The molecular formula is C15H18N2O4. The molecule has 1 heterocycles. The van der Waals surface area contributed by atoms with E-state index in [0.717, 1.165) is 16.5 Å². The Hall–Kier alpha value is -2.34. The standard InChI is InChI=1S/C15H18N2O4/c1-9(18)14(15(20)21)17-13(19)7-6-10-8-16-12-5-3-2-4-11(10)12/h2-5,8-9,14,16,18H,6-7H2,1H3,(H,17,19)(H,20,21)/t9-,14-/m0/s1. The quantitative estimate of drug-likeness (QED) is 0.638. The van der Waals surface area contributed by atoms with Crippen molar-refractivity contribution < 1.29 is 19.8 Å². The van der Waals surface area contributed by atoms with Gasteiger partial charge in [0.25, 0.3) is 0 Å². The highest BCUT2D eigenvalue weighted by atomic mass is 16.4. The zero-order chi connectivity index (χ0) is 15.4. The average molecular weight is 290 g/mol. The van der Waals surface area contributed by atoms with Gasteiger partial charge in [-0.15, -0.1) is 0 Å². The van der Waals surface area contributed by atoms with Crippen LogP contribution in [0.5, 0.6) is 0 Å². The number of carbonyl (C=O) groups excluding carboxylic acids is 1. The third-order valence-corrected chi connectivity index (χ3v) is 3.36. The van der Waals surface area contributed by atoms with Crippen LogP contribution < -0.4 is 5.32 Å². The number of benzene rings is 1. The third kappa shape index (κ3) is 3.61. The average Bonchev–Trinajstić information content (AvgIpc) is 2.85. The number of carboxylic acids is 1. The molecule has 4 N–H and O–H groups in total. The molecule has 0 saturated carbocycles. The number of H-pyrrole nitrogens is 1. The van der Waals surface area contributed by atoms with E-state index in [2.05, 4.69) is 10.3 Å². The van der Waals surface area contributed by atoms with Gasteiger partial charge in [-0.2, -0.15) is 0 Å². The summed E-state index contributed by atoms with van der Waals surface area (Å²) in [6.45, 7) is 1.33. The van der Waals surface area contributed by atoms with Crippen LogP contribution in [-0.4, -0.2) is 39.2 Å². The summed E-state index contributed by atoms with van der Waals surface area (Å²) in [5, 5.41) is 21.6. The van der Waals surface area contributed by atoms with Gasteiger partial charge in [-0.3, -0.25) is 4.79 Å². The summed E-state index contributed by atoms with van der Waals surface area (Å²) < 4.78 is 0. The van der Waals surface area contributed by atoms with Gasteiger partial charge in [0.15, 0.2) is 6.04 Å². The molecule has 2 aromatic rings. The Balaban J connectivity index is 1.96. The van der Waals surface area contributed by atoms with E-state index in [1.165, 1.54) is 6.92 Å². The molecule has 0 aliphatic heterocycles. The van der Waals surface area contributed by atoms with Gasteiger partial charge in [-0.25, -0.2) is 4.79 Å². The van der Waals surface area contributed by atoms with Crippen molar-refractivity contribution >= 4 is 22.8 Å². The number of hydrogen-bond donors (Lipinski definition) is 4. The van der Waals surface area contributed by atoms with Crippen LogP contribution in [0.4, 0.5) is 0 Å². The van der Waals surface area contributed by atoms with Crippen molar-refractivity contribution in [3.8, 4) is 0 Å². The predicted molar refractivity (Wildman–Crippen MR) is 77.9 cm³/mol. The number of aliphatic carboxylic acids is 1. The molecule has 1 aromatic heterocycles. The highest BCUT2D eigenvalue weighted by molar-refractivity contribution is 5.86. The first-order valence-corrected chi connectivity index (χ1v) is 6.74. The molecule has 0 aliphatic carbocycles. The van der Waals surface area contributed by atoms with Crippen molar-refractivity contribution in [3.63, 3.8) is 0 Å². The maximum atomic E-state index is 11.8. The first kappa shape index (κ1) is 15.1. The number of carboxylic acid groups (broad SMARTS) is 1. The van der Waals surface area contributed by atoms with Crippen molar-refractivity contribution in [1.29, 1.82) is 0 Å². The van der Waals surface area contributed by atoms with Crippen molar-refractivity contribution in [2.75, 3.05) is 0 Å². The third-order valence-electron chi connectivity index (χ3n) is 3.36. The highest BCUT2D eigenvalue weighted by Crippen LogP contribution is 2.18. The number of para-hydroxylation sites is 1. The van der Waals surface area contributed by atoms with Crippen molar-refractivity contribution in [1.82, 2.24) is 10.3 Å². The number of carbonyl (C=O) groups is 2. The van der Waals surface area contributed by atoms with Crippen molar-refractivity contribution in [2.24, 2.45) is 0 Å². The Kier molecular flexibility index (Phi) is 4.59. The lowest BCUT2D eigenvalue weighted by Crippen LogP contribution is -2.47. The summed E-state index contributed by atoms with van der Waals surface area (Å²) in [4.78, 5) is 25.8. The molecule has 6 heteroatoms. The van der Waals surface area contributed by atoms with Gasteiger partial charge in [0.05, 0.1) is 6.10 Å². The van der Waals surface area contributed by atoms with Crippen molar-refractivity contribution in [2.45, 2.75) is 31.9 Å². The summed E-state index contributed by atoms with van der Waals surface area (Å²) in [5.41, 5.74) is 2.00. The number of amides is 1. The maximum Gasteiger partial charge on any atom is 0.328 e. The van der Waals surface area contributed by atoms with Gasteiger partial charge in [0, 0.05) is 23.5 Å². The molecule has 21 heavy (non-hydrogen) atoms. The van der Waals surface area contributed by atoms with E-state index in [4.69, 9.17) is 5.11 Å². The fourth-order valence-electron chi connectivity index (χ4n) is 2.22. The Morgan fingerprint density at radius 3 is 2.71 bits per heavy atom. The van der Waals surface area contributed by atoms with Crippen LogP contribution in [0, 0.1) is 0 Å². The monoisotopic (exact) mass is 290 g/mol. The first-order chi connectivity index (χ1) is 9.99. The Morgan fingerprint density at radius 1 is 1.33 bits per heavy atom. The van der Waals surface area contributed by atoms with Gasteiger partial charge in [-0.05, 0) is 25.0 Å². The highest BCUT2D eigenvalue weighted by Gasteiger charge is 2.24. The predicted octanol–water partition coefficient (Wildman–Crippen LogP) is 1.05.